The molecule has 0 fully saturated rings. The van der Waals surface area contributed by atoms with Crippen LogP contribution in [0.25, 0.3) is 10.8 Å². The van der Waals surface area contributed by atoms with Gasteiger partial charge in [0.05, 0.1) is 6.42 Å². The molecule has 0 aliphatic heterocycles. The van der Waals surface area contributed by atoms with E-state index in [1.54, 1.807) is 0 Å². The van der Waals surface area contributed by atoms with Gasteiger partial charge in [-0.05, 0) is 36.3 Å². The minimum atomic E-state index is 0.681. The van der Waals surface area contributed by atoms with Crippen LogP contribution in [0, 0.1) is 0 Å². The van der Waals surface area contributed by atoms with E-state index < -0.39 is 0 Å². The molecule has 2 aromatic carbocycles. The zero-order chi connectivity index (χ0) is 14.5. The molecule has 1 aromatic heterocycles. The lowest BCUT2D eigenvalue weighted by Crippen LogP contribution is -2.08. The van der Waals surface area contributed by atoms with Crippen LogP contribution in [0.5, 0.6) is 0 Å². The molecule has 4 heteroatoms. The van der Waals surface area contributed by atoms with Crippen molar-refractivity contribution >= 4 is 10.8 Å². The summed E-state index contributed by atoms with van der Waals surface area (Å²) in [5, 5.41) is 13.9. The van der Waals surface area contributed by atoms with Crippen molar-refractivity contribution in [3.8, 4) is 0 Å². The van der Waals surface area contributed by atoms with Gasteiger partial charge in [0.2, 0.25) is 11.8 Å². The van der Waals surface area contributed by atoms with E-state index >= 15 is 0 Å². The second kappa shape index (κ2) is 6.50. The van der Waals surface area contributed by atoms with Gasteiger partial charge >= 0.3 is 0 Å². The van der Waals surface area contributed by atoms with Crippen LogP contribution in [0.3, 0.4) is 0 Å². The number of rotatable bonds is 6. The summed E-state index contributed by atoms with van der Waals surface area (Å²) in [6.45, 7) is 0.959. The van der Waals surface area contributed by atoms with Gasteiger partial charge in [-0.2, -0.15) is 0 Å². The van der Waals surface area contributed by atoms with Crippen molar-refractivity contribution in [1.82, 2.24) is 15.5 Å². The van der Waals surface area contributed by atoms with Crippen molar-refractivity contribution in [2.24, 2.45) is 0 Å². The number of nitrogens with one attached hydrogen (secondary N) is 1. The Balaban J connectivity index is 1.76. The lowest BCUT2D eigenvalue weighted by molar-refractivity contribution is 0.451. The molecule has 4 nitrogen and oxygen atoms in total. The van der Waals surface area contributed by atoms with Gasteiger partial charge in [0, 0.05) is 6.42 Å². The molecule has 0 saturated carbocycles. The summed E-state index contributed by atoms with van der Waals surface area (Å²) in [4.78, 5) is 0. The van der Waals surface area contributed by atoms with Crippen LogP contribution < -0.4 is 5.32 Å². The smallest absolute Gasteiger partial charge is 0.220 e. The van der Waals surface area contributed by atoms with Crippen LogP contribution >= 0.6 is 0 Å². The van der Waals surface area contributed by atoms with Crippen molar-refractivity contribution < 1.29 is 4.42 Å². The quantitative estimate of drug-likeness (QED) is 0.706. The maximum absolute atomic E-state index is 5.73. The minimum absolute atomic E-state index is 0.681. The Morgan fingerprint density at radius 1 is 1.00 bits per heavy atom. The number of aromatic nitrogens is 2. The Bertz CT molecular complexity index is 715. The molecule has 21 heavy (non-hydrogen) atoms. The maximum Gasteiger partial charge on any atom is 0.220 e. The summed E-state index contributed by atoms with van der Waals surface area (Å²) < 4.78 is 5.73. The van der Waals surface area contributed by atoms with Gasteiger partial charge in [-0.3, -0.25) is 0 Å². The first-order valence-electron chi connectivity index (χ1n) is 7.29. The number of nitrogens with zero attached hydrogens (tertiary/aromatic N) is 2. The van der Waals surface area contributed by atoms with Crippen LogP contribution in [0.4, 0.5) is 0 Å². The Hall–Kier alpha value is -2.20. The number of hydrogen-bond donors (Lipinski definition) is 1. The highest BCUT2D eigenvalue weighted by Gasteiger charge is 2.08. The molecule has 3 aromatic rings. The first-order valence-corrected chi connectivity index (χ1v) is 7.29. The summed E-state index contributed by atoms with van der Waals surface area (Å²) in [6.07, 6.45) is 2.51. The zero-order valence-electron chi connectivity index (χ0n) is 12.2. The van der Waals surface area contributed by atoms with Gasteiger partial charge in [0.25, 0.3) is 0 Å². The molecule has 108 valence electrons. The SMILES string of the molecule is CNCCCc1nnc(Cc2cccc3ccccc23)o1. The fraction of sp³-hybridized carbons (Fsp3) is 0.294. The molecule has 0 saturated heterocycles. The third-order valence-electron chi connectivity index (χ3n) is 3.55. The van der Waals surface area contributed by atoms with Gasteiger partial charge in [-0.1, -0.05) is 42.5 Å². The van der Waals surface area contributed by atoms with Gasteiger partial charge < -0.3 is 9.73 Å². The van der Waals surface area contributed by atoms with Crippen LogP contribution in [0.15, 0.2) is 46.9 Å². The van der Waals surface area contributed by atoms with Crippen molar-refractivity contribution in [3.05, 3.63) is 59.8 Å². The van der Waals surface area contributed by atoms with Crippen LogP contribution in [0.1, 0.15) is 23.8 Å². The van der Waals surface area contributed by atoms with Crippen molar-refractivity contribution in [2.45, 2.75) is 19.3 Å². The summed E-state index contributed by atoms with van der Waals surface area (Å²) in [5.41, 5.74) is 1.22. The second-order valence-electron chi connectivity index (χ2n) is 5.11. The lowest BCUT2D eigenvalue weighted by atomic mass is 10.0. The number of hydrogen-bond acceptors (Lipinski definition) is 4. The molecule has 0 aliphatic rings. The Labute approximate surface area is 124 Å². The Morgan fingerprint density at radius 3 is 2.71 bits per heavy atom. The van der Waals surface area contributed by atoms with E-state index in [2.05, 4.69) is 58.0 Å². The van der Waals surface area contributed by atoms with E-state index in [9.17, 15) is 0 Å². The highest BCUT2D eigenvalue weighted by atomic mass is 16.4. The number of fused-ring (bicyclic) bond motifs is 1. The largest absolute Gasteiger partial charge is 0.425 e. The second-order valence-corrected chi connectivity index (χ2v) is 5.11. The van der Waals surface area contributed by atoms with Crippen molar-refractivity contribution in [3.63, 3.8) is 0 Å². The van der Waals surface area contributed by atoms with Crippen molar-refractivity contribution in [2.75, 3.05) is 13.6 Å². The van der Waals surface area contributed by atoms with Gasteiger partial charge in [0.1, 0.15) is 0 Å². The summed E-state index contributed by atoms with van der Waals surface area (Å²) in [7, 11) is 1.94. The third kappa shape index (κ3) is 3.28. The molecule has 3 rings (SSSR count). The summed E-state index contributed by atoms with van der Waals surface area (Å²) >= 11 is 0. The van der Waals surface area contributed by atoms with Crippen LogP contribution in [-0.2, 0) is 12.8 Å². The zero-order valence-corrected chi connectivity index (χ0v) is 12.2. The maximum atomic E-state index is 5.73. The first-order chi connectivity index (χ1) is 10.4. The summed E-state index contributed by atoms with van der Waals surface area (Å²) in [5.74, 6) is 1.41. The molecule has 0 unspecified atom stereocenters. The van der Waals surface area contributed by atoms with E-state index in [4.69, 9.17) is 4.42 Å². The van der Waals surface area contributed by atoms with E-state index in [1.165, 1.54) is 16.3 Å². The molecule has 0 amide bonds. The van der Waals surface area contributed by atoms with Gasteiger partial charge in [-0.15, -0.1) is 10.2 Å². The molecular formula is C17H19N3O. The Kier molecular flexibility index (Phi) is 4.26. The summed E-state index contributed by atoms with van der Waals surface area (Å²) in [6, 6.07) is 14.7. The normalized spacial score (nSPS) is 11.1. The third-order valence-corrected chi connectivity index (χ3v) is 3.55. The highest BCUT2D eigenvalue weighted by molar-refractivity contribution is 5.85. The highest BCUT2D eigenvalue weighted by Crippen LogP contribution is 2.21. The molecule has 0 atom stereocenters. The topological polar surface area (TPSA) is 51.0 Å². The molecule has 1 N–H and O–H groups in total. The van der Waals surface area contributed by atoms with Crippen LogP contribution in [0.2, 0.25) is 0 Å². The lowest BCUT2D eigenvalue weighted by Gasteiger charge is -2.03. The molecule has 0 radical (unpaired) electrons. The molecule has 1 heterocycles. The van der Waals surface area contributed by atoms with Gasteiger partial charge in [0.15, 0.2) is 0 Å². The fourth-order valence-electron chi connectivity index (χ4n) is 2.49. The molecule has 0 spiro atoms. The van der Waals surface area contributed by atoms with Crippen LogP contribution in [-0.4, -0.2) is 23.8 Å². The predicted molar refractivity (Wildman–Crippen MR) is 83.3 cm³/mol. The minimum Gasteiger partial charge on any atom is -0.425 e. The average Bonchev–Trinajstić information content (AvgIpc) is 2.96. The number of benzene rings is 2. The van der Waals surface area contributed by atoms with E-state index in [-0.39, 0.29) is 0 Å². The number of aryl methyl sites for hydroxylation is 1. The fourth-order valence-corrected chi connectivity index (χ4v) is 2.49. The molecular weight excluding hydrogens is 262 g/mol. The van der Waals surface area contributed by atoms with E-state index in [0.29, 0.717) is 12.3 Å². The van der Waals surface area contributed by atoms with Crippen molar-refractivity contribution in [1.29, 1.82) is 0 Å². The van der Waals surface area contributed by atoms with E-state index in [0.717, 1.165) is 25.3 Å². The first kappa shape index (κ1) is 13.8. The molecule has 0 bridgehead atoms. The Morgan fingerprint density at radius 2 is 1.81 bits per heavy atom. The standard InChI is InChI=1S/C17H19N3O/c1-18-11-5-10-16-19-20-17(21-16)12-14-8-4-7-13-6-2-3-9-15(13)14/h2-4,6-9,18H,5,10-12H2,1H3. The average molecular weight is 281 g/mol. The monoisotopic (exact) mass is 281 g/mol. The predicted octanol–water partition coefficient (Wildman–Crippen LogP) is 2.97. The molecule has 0 aliphatic carbocycles. The van der Waals surface area contributed by atoms with Gasteiger partial charge in [-0.25, -0.2) is 0 Å². The van der Waals surface area contributed by atoms with E-state index in [1.807, 2.05) is 7.05 Å².